The van der Waals surface area contributed by atoms with Gasteiger partial charge in [-0.15, -0.1) is 0 Å². The van der Waals surface area contributed by atoms with Crippen molar-refractivity contribution in [3.63, 3.8) is 0 Å². The standard InChI is InChI=1S/C19H22N2/c1-15-8-3-4-11-19(15)20-16(2)17-9-7-10-18(14-17)21-12-5-6-13-21/h3-4,7-11,14H,5-6,12-13H2,1-2H3. The highest BCUT2D eigenvalue weighted by molar-refractivity contribution is 6.01. The molecule has 1 saturated heterocycles. The molecule has 1 aliphatic heterocycles. The normalized spacial score (nSPS) is 15.5. The summed E-state index contributed by atoms with van der Waals surface area (Å²) >= 11 is 0. The van der Waals surface area contributed by atoms with Crippen LogP contribution in [-0.4, -0.2) is 18.8 Å². The molecule has 0 amide bonds. The van der Waals surface area contributed by atoms with E-state index in [0.717, 1.165) is 11.4 Å². The maximum Gasteiger partial charge on any atom is 0.0662 e. The minimum Gasteiger partial charge on any atom is -0.372 e. The first-order chi connectivity index (χ1) is 10.2. The summed E-state index contributed by atoms with van der Waals surface area (Å²) in [6.45, 7) is 6.55. The molecule has 0 unspecified atom stereocenters. The number of nitrogens with zero attached hydrogens (tertiary/aromatic N) is 2. The molecular weight excluding hydrogens is 256 g/mol. The number of hydrogen-bond donors (Lipinski definition) is 0. The van der Waals surface area contributed by atoms with E-state index in [1.165, 1.54) is 42.7 Å². The lowest BCUT2D eigenvalue weighted by atomic mass is 10.1. The summed E-state index contributed by atoms with van der Waals surface area (Å²) in [5.41, 5.74) is 5.88. The number of anilines is 1. The molecule has 0 aromatic heterocycles. The summed E-state index contributed by atoms with van der Waals surface area (Å²) in [7, 11) is 0. The fourth-order valence-electron chi connectivity index (χ4n) is 2.84. The van der Waals surface area contributed by atoms with Crippen LogP contribution in [0.5, 0.6) is 0 Å². The van der Waals surface area contributed by atoms with Gasteiger partial charge in [-0.2, -0.15) is 0 Å². The molecule has 0 atom stereocenters. The molecule has 2 heteroatoms. The van der Waals surface area contributed by atoms with Crippen molar-refractivity contribution in [3.8, 4) is 0 Å². The zero-order valence-corrected chi connectivity index (χ0v) is 12.8. The second-order valence-electron chi connectivity index (χ2n) is 5.73. The summed E-state index contributed by atoms with van der Waals surface area (Å²) in [4.78, 5) is 7.26. The van der Waals surface area contributed by atoms with Crippen LogP contribution in [0.15, 0.2) is 53.5 Å². The Morgan fingerprint density at radius 3 is 2.52 bits per heavy atom. The summed E-state index contributed by atoms with van der Waals surface area (Å²) in [6.07, 6.45) is 2.61. The molecule has 108 valence electrons. The maximum atomic E-state index is 4.79. The van der Waals surface area contributed by atoms with Crippen molar-refractivity contribution in [2.75, 3.05) is 18.0 Å². The zero-order valence-electron chi connectivity index (χ0n) is 12.8. The zero-order chi connectivity index (χ0) is 14.7. The summed E-state index contributed by atoms with van der Waals surface area (Å²) < 4.78 is 0. The third kappa shape index (κ3) is 3.15. The molecule has 2 aromatic rings. The van der Waals surface area contributed by atoms with Gasteiger partial charge in [0.25, 0.3) is 0 Å². The first kappa shape index (κ1) is 13.9. The molecule has 2 nitrogen and oxygen atoms in total. The maximum absolute atomic E-state index is 4.79. The van der Waals surface area contributed by atoms with Crippen molar-refractivity contribution < 1.29 is 0 Å². The second kappa shape index (κ2) is 6.13. The van der Waals surface area contributed by atoms with Gasteiger partial charge in [-0.1, -0.05) is 30.3 Å². The number of hydrogen-bond acceptors (Lipinski definition) is 2. The molecule has 3 rings (SSSR count). The predicted octanol–water partition coefficient (Wildman–Crippen LogP) is 4.74. The van der Waals surface area contributed by atoms with Crippen LogP contribution in [0.3, 0.4) is 0 Å². The predicted molar refractivity (Wildman–Crippen MR) is 90.9 cm³/mol. The highest BCUT2D eigenvalue weighted by Crippen LogP contribution is 2.23. The molecule has 1 aliphatic rings. The van der Waals surface area contributed by atoms with Crippen molar-refractivity contribution in [3.05, 3.63) is 59.7 Å². The van der Waals surface area contributed by atoms with Crippen LogP contribution in [0.2, 0.25) is 0 Å². The van der Waals surface area contributed by atoms with Gasteiger partial charge in [0, 0.05) is 24.5 Å². The molecule has 0 spiro atoms. The average Bonchev–Trinajstić information content (AvgIpc) is 3.04. The van der Waals surface area contributed by atoms with Crippen LogP contribution < -0.4 is 4.90 Å². The number of aliphatic imine (C=N–C) groups is 1. The van der Waals surface area contributed by atoms with Crippen LogP contribution in [0, 0.1) is 6.92 Å². The Hall–Kier alpha value is -2.09. The van der Waals surface area contributed by atoms with Gasteiger partial charge in [0.1, 0.15) is 0 Å². The highest BCUT2D eigenvalue weighted by Gasteiger charge is 2.12. The Bertz CT molecular complexity index is 652. The van der Waals surface area contributed by atoms with Crippen LogP contribution in [0.25, 0.3) is 0 Å². The van der Waals surface area contributed by atoms with Gasteiger partial charge in [-0.05, 0) is 56.0 Å². The first-order valence-corrected chi connectivity index (χ1v) is 7.70. The van der Waals surface area contributed by atoms with Gasteiger partial charge >= 0.3 is 0 Å². The minimum atomic E-state index is 1.06. The Morgan fingerprint density at radius 1 is 1.00 bits per heavy atom. The topological polar surface area (TPSA) is 15.6 Å². The SMILES string of the molecule is CC(=Nc1ccccc1C)c1cccc(N2CCCC2)c1. The fourth-order valence-corrected chi connectivity index (χ4v) is 2.84. The lowest BCUT2D eigenvalue weighted by Gasteiger charge is -2.18. The number of rotatable bonds is 3. The van der Waals surface area contributed by atoms with Crippen molar-refractivity contribution in [2.24, 2.45) is 4.99 Å². The monoisotopic (exact) mass is 278 g/mol. The van der Waals surface area contributed by atoms with E-state index in [9.17, 15) is 0 Å². The number of benzene rings is 2. The third-order valence-electron chi connectivity index (χ3n) is 4.14. The summed E-state index contributed by atoms with van der Waals surface area (Å²) in [5, 5.41) is 0. The van der Waals surface area contributed by atoms with Gasteiger partial charge in [-0.25, -0.2) is 0 Å². The highest BCUT2D eigenvalue weighted by atomic mass is 15.1. The minimum absolute atomic E-state index is 1.06. The van der Waals surface area contributed by atoms with E-state index in [1.807, 2.05) is 6.07 Å². The molecule has 21 heavy (non-hydrogen) atoms. The van der Waals surface area contributed by atoms with E-state index in [-0.39, 0.29) is 0 Å². The largest absolute Gasteiger partial charge is 0.372 e. The van der Waals surface area contributed by atoms with Gasteiger partial charge < -0.3 is 4.90 Å². The van der Waals surface area contributed by atoms with E-state index in [4.69, 9.17) is 4.99 Å². The van der Waals surface area contributed by atoms with Gasteiger partial charge in [0.05, 0.1) is 5.69 Å². The molecule has 2 aromatic carbocycles. The van der Waals surface area contributed by atoms with Crippen molar-refractivity contribution in [1.29, 1.82) is 0 Å². The van der Waals surface area contributed by atoms with Gasteiger partial charge in [-0.3, -0.25) is 4.99 Å². The smallest absolute Gasteiger partial charge is 0.0662 e. The van der Waals surface area contributed by atoms with Crippen molar-refractivity contribution >= 4 is 17.1 Å². The molecule has 0 bridgehead atoms. The Morgan fingerprint density at radius 2 is 1.76 bits per heavy atom. The Labute approximate surface area is 127 Å². The fraction of sp³-hybridized carbons (Fsp3) is 0.316. The van der Waals surface area contributed by atoms with Gasteiger partial charge in [0.2, 0.25) is 0 Å². The van der Waals surface area contributed by atoms with E-state index in [1.54, 1.807) is 0 Å². The molecule has 0 N–H and O–H groups in total. The van der Waals surface area contributed by atoms with E-state index in [0.29, 0.717) is 0 Å². The number of aryl methyl sites for hydroxylation is 1. The Balaban J connectivity index is 1.89. The molecule has 1 fully saturated rings. The first-order valence-electron chi connectivity index (χ1n) is 7.70. The van der Waals surface area contributed by atoms with Gasteiger partial charge in [0.15, 0.2) is 0 Å². The summed E-state index contributed by atoms with van der Waals surface area (Å²) in [5.74, 6) is 0. The van der Waals surface area contributed by atoms with E-state index >= 15 is 0 Å². The lowest BCUT2D eigenvalue weighted by molar-refractivity contribution is 0.949. The lowest BCUT2D eigenvalue weighted by Crippen LogP contribution is -2.17. The van der Waals surface area contributed by atoms with Crippen LogP contribution >= 0.6 is 0 Å². The van der Waals surface area contributed by atoms with E-state index < -0.39 is 0 Å². The number of para-hydroxylation sites is 1. The molecule has 0 saturated carbocycles. The Kier molecular flexibility index (Phi) is 4.05. The average molecular weight is 278 g/mol. The van der Waals surface area contributed by atoms with E-state index in [2.05, 4.69) is 61.2 Å². The molecule has 0 radical (unpaired) electrons. The van der Waals surface area contributed by atoms with Crippen LogP contribution in [0.4, 0.5) is 11.4 Å². The molecule has 0 aliphatic carbocycles. The summed E-state index contributed by atoms with van der Waals surface area (Å²) in [6, 6.07) is 17.0. The molecule has 1 heterocycles. The van der Waals surface area contributed by atoms with Crippen LogP contribution in [0.1, 0.15) is 30.9 Å². The van der Waals surface area contributed by atoms with Crippen LogP contribution in [-0.2, 0) is 0 Å². The second-order valence-corrected chi connectivity index (χ2v) is 5.73. The third-order valence-corrected chi connectivity index (χ3v) is 4.14. The molecular formula is C19H22N2. The van der Waals surface area contributed by atoms with Crippen molar-refractivity contribution in [1.82, 2.24) is 0 Å². The quantitative estimate of drug-likeness (QED) is 0.741. The van der Waals surface area contributed by atoms with Crippen molar-refractivity contribution in [2.45, 2.75) is 26.7 Å².